The summed E-state index contributed by atoms with van der Waals surface area (Å²) in [4.78, 5) is 11.3. The lowest BCUT2D eigenvalue weighted by atomic mass is 10.0. The molecule has 4 heteroatoms. The number of carbonyl (C=O) groups excluding carboxylic acids is 1. The second-order valence-electron chi connectivity index (χ2n) is 3.74. The summed E-state index contributed by atoms with van der Waals surface area (Å²) in [6.07, 6.45) is 2.94. The molecule has 0 amide bonds. The number of benzene rings is 1. The van der Waals surface area contributed by atoms with Crippen molar-refractivity contribution in [2.45, 2.75) is 12.5 Å². The molecule has 2 rings (SSSR count). The molecule has 1 aliphatic rings. The van der Waals surface area contributed by atoms with Gasteiger partial charge in [0, 0.05) is 17.7 Å². The highest BCUT2D eigenvalue weighted by Crippen LogP contribution is 2.31. The molecule has 1 aliphatic heterocycles. The lowest BCUT2D eigenvalue weighted by molar-refractivity contribution is -0.118. The Morgan fingerprint density at radius 1 is 1.18 bits per heavy atom. The van der Waals surface area contributed by atoms with Gasteiger partial charge in [-0.1, -0.05) is 0 Å². The summed E-state index contributed by atoms with van der Waals surface area (Å²) >= 11 is 0. The van der Waals surface area contributed by atoms with Crippen LogP contribution in [0, 0.1) is 0 Å². The van der Waals surface area contributed by atoms with Gasteiger partial charge in [-0.2, -0.15) is 0 Å². The molecule has 1 aromatic carbocycles. The van der Waals surface area contributed by atoms with Crippen molar-refractivity contribution in [3.8, 4) is 11.5 Å². The van der Waals surface area contributed by atoms with Crippen molar-refractivity contribution >= 4 is 5.78 Å². The SMILES string of the molecule is COc1cc(OC)cc([C@@H]2CC(=O)C=CO2)c1. The smallest absolute Gasteiger partial charge is 0.162 e. The third-order valence-corrected chi connectivity index (χ3v) is 2.63. The molecule has 0 N–H and O–H groups in total. The fourth-order valence-electron chi connectivity index (χ4n) is 1.72. The molecule has 90 valence electrons. The number of ether oxygens (including phenoxy) is 3. The van der Waals surface area contributed by atoms with E-state index >= 15 is 0 Å². The van der Waals surface area contributed by atoms with E-state index in [1.54, 1.807) is 20.3 Å². The average Bonchev–Trinajstić information content (AvgIpc) is 2.38. The van der Waals surface area contributed by atoms with Gasteiger partial charge in [-0.25, -0.2) is 0 Å². The van der Waals surface area contributed by atoms with Gasteiger partial charge in [0.25, 0.3) is 0 Å². The zero-order valence-electron chi connectivity index (χ0n) is 9.80. The Balaban J connectivity index is 2.31. The van der Waals surface area contributed by atoms with Crippen LogP contribution in [0.25, 0.3) is 0 Å². The second-order valence-corrected chi connectivity index (χ2v) is 3.74. The van der Waals surface area contributed by atoms with Crippen LogP contribution in [0.5, 0.6) is 11.5 Å². The largest absolute Gasteiger partial charge is 0.497 e. The standard InChI is InChI=1S/C13H14O4/c1-15-11-5-9(6-12(8-11)16-2)13-7-10(14)3-4-17-13/h3-6,8,13H,7H2,1-2H3/t13-/m0/s1. The fourth-order valence-corrected chi connectivity index (χ4v) is 1.72. The number of ketones is 1. The van der Waals surface area contributed by atoms with E-state index in [2.05, 4.69) is 0 Å². The van der Waals surface area contributed by atoms with Gasteiger partial charge in [-0.15, -0.1) is 0 Å². The van der Waals surface area contributed by atoms with E-state index in [1.165, 1.54) is 12.3 Å². The van der Waals surface area contributed by atoms with Gasteiger partial charge >= 0.3 is 0 Å². The molecule has 0 aliphatic carbocycles. The van der Waals surface area contributed by atoms with Gasteiger partial charge in [0.15, 0.2) is 5.78 Å². The number of carbonyl (C=O) groups is 1. The topological polar surface area (TPSA) is 44.8 Å². The summed E-state index contributed by atoms with van der Waals surface area (Å²) in [5.74, 6) is 1.43. The molecule has 1 heterocycles. The summed E-state index contributed by atoms with van der Waals surface area (Å²) in [5, 5.41) is 0. The number of rotatable bonds is 3. The first-order chi connectivity index (χ1) is 8.22. The lowest BCUT2D eigenvalue weighted by Crippen LogP contribution is -2.11. The van der Waals surface area contributed by atoms with E-state index in [0.29, 0.717) is 17.9 Å². The van der Waals surface area contributed by atoms with Gasteiger partial charge in [0.05, 0.1) is 26.9 Å². The summed E-state index contributed by atoms with van der Waals surface area (Å²) < 4.78 is 15.8. The number of allylic oxidation sites excluding steroid dienone is 1. The van der Waals surface area contributed by atoms with E-state index in [0.717, 1.165) is 5.56 Å². The maximum absolute atomic E-state index is 11.3. The molecule has 4 nitrogen and oxygen atoms in total. The Morgan fingerprint density at radius 3 is 2.35 bits per heavy atom. The molecule has 0 saturated heterocycles. The van der Waals surface area contributed by atoms with E-state index in [-0.39, 0.29) is 11.9 Å². The van der Waals surface area contributed by atoms with Crippen LogP contribution in [0.3, 0.4) is 0 Å². The van der Waals surface area contributed by atoms with Crippen LogP contribution in [0.15, 0.2) is 30.5 Å². The number of hydrogen-bond acceptors (Lipinski definition) is 4. The summed E-state index contributed by atoms with van der Waals surface area (Å²) in [7, 11) is 3.18. The minimum atomic E-state index is -0.267. The van der Waals surface area contributed by atoms with Crippen molar-refractivity contribution in [3.05, 3.63) is 36.1 Å². The molecular weight excluding hydrogens is 220 g/mol. The summed E-state index contributed by atoms with van der Waals surface area (Å²) in [5.41, 5.74) is 0.874. The highest BCUT2D eigenvalue weighted by molar-refractivity contribution is 5.90. The van der Waals surface area contributed by atoms with Gasteiger partial charge in [-0.3, -0.25) is 4.79 Å². The maximum atomic E-state index is 11.3. The van der Waals surface area contributed by atoms with Crippen LogP contribution in [0.1, 0.15) is 18.1 Å². The Morgan fingerprint density at radius 2 is 1.82 bits per heavy atom. The van der Waals surface area contributed by atoms with Crippen LogP contribution < -0.4 is 9.47 Å². The van der Waals surface area contributed by atoms with E-state index in [9.17, 15) is 4.79 Å². The molecule has 0 radical (unpaired) electrons. The van der Waals surface area contributed by atoms with Gasteiger partial charge in [-0.05, 0) is 12.1 Å². The predicted octanol–water partition coefficient (Wildman–Crippen LogP) is 2.25. The van der Waals surface area contributed by atoms with Crippen LogP contribution >= 0.6 is 0 Å². The predicted molar refractivity (Wildman–Crippen MR) is 62.1 cm³/mol. The summed E-state index contributed by atoms with van der Waals surface area (Å²) in [6, 6.07) is 5.48. The van der Waals surface area contributed by atoms with Crippen molar-refractivity contribution in [1.82, 2.24) is 0 Å². The van der Waals surface area contributed by atoms with Gasteiger partial charge in [0.2, 0.25) is 0 Å². The molecule has 0 aromatic heterocycles. The van der Waals surface area contributed by atoms with E-state index < -0.39 is 0 Å². The third kappa shape index (κ3) is 2.58. The monoisotopic (exact) mass is 234 g/mol. The number of hydrogen-bond donors (Lipinski definition) is 0. The quantitative estimate of drug-likeness (QED) is 0.804. The van der Waals surface area contributed by atoms with Gasteiger partial charge in [0.1, 0.15) is 17.6 Å². The van der Waals surface area contributed by atoms with Crippen LogP contribution in [-0.2, 0) is 9.53 Å². The van der Waals surface area contributed by atoms with Gasteiger partial charge < -0.3 is 14.2 Å². The Labute approximate surface area is 99.8 Å². The third-order valence-electron chi connectivity index (χ3n) is 2.63. The highest BCUT2D eigenvalue weighted by atomic mass is 16.5. The number of methoxy groups -OCH3 is 2. The normalized spacial score (nSPS) is 18.7. The summed E-state index contributed by atoms with van der Waals surface area (Å²) in [6.45, 7) is 0. The Kier molecular flexibility index (Phi) is 3.32. The van der Waals surface area contributed by atoms with Crippen molar-refractivity contribution in [2.24, 2.45) is 0 Å². The Hall–Kier alpha value is -1.97. The molecule has 0 saturated carbocycles. The molecule has 0 bridgehead atoms. The van der Waals surface area contributed by atoms with Crippen molar-refractivity contribution < 1.29 is 19.0 Å². The van der Waals surface area contributed by atoms with Crippen molar-refractivity contribution in [3.63, 3.8) is 0 Å². The van der Waals surface area contributed by atoms with E-state index in [1.807, 2.05) is 12.1 Å². The van der Waals surface area contributed by atoms with Crippen LogP contribution in [0.2, 0.25) is 0 Å². The molecule has 0 unspecified atom stereocenters. The second kappa shape index (κ2) is 4.91. The molecule has 0 fully saturated rings. The molecule has 1 atom stereocenters. The molecular formula is C13H14O4. The lowest BCUT2D eigenvalue weighted by Gasteiger charge is -2.20. The molecule has 17 heavy (non-hydrogen) atoms. The average molecular weight is 234 g/mol. The minimum absolute atomic E-state index is 0.0584. The van der Waals surface area contributed by atoms with E-state index in [4.69, 9.17) is 14.2 Å². The minimum Gasteiger partial charge on any atom is -0.497 e. The van der Waals surface area contributed by atoms with Crippen molar-refractivity contribution in [2.75, 3.05) is 14.2 Å². The zero-order valence-corrected chi connectivity index (χ0v) is 9.80. The first-order valence-corrected chi connectivity index (χ1v) is 5.30. The zero-order chi connectivity index (χ0) is 12.3. The van der Waals surface area contributed by atoms with Crippen molar-refractivity contribution in [1.29, 1.82) is 0 Å². The Bertz CT molecular complexity index is 428. The highest BCUT2D eigenvalue weighted by Gasteiger charge is 2.20. The van der Waals surface area contributed by atoms with Crippen LogP contribution in [-0.4, -0.2) is 20.0 Å². The molecule has 0 spiro atoms. The maximum Gasteiger partial charge on any atom is 0.162 e. The fraction of sp³-hybridized carbons (Fsp3) is 0.308. The first-order valence-electron chi connectivity index (χ1n) is 5.30. The van der Waals surface area contributed by atoms with Crippen LogP contribution in [0.4, 0.5) is 0 Å². The first kappa shape index (κ1) is 11.5. The molecule has 1 aromatic rings.